The summed E-state index contributed by atoms with van der Waals surface area (Å²) in [6, 6.07) is 14.6. The molecule has 2 amide bonds. The average molecular weight is 362 g/mol. The Morgan fingerprint density at radius 2 is 1.76 bits per heavy atom. The number of hydrogen-bond acceptors (Lipinski definition) is 3. The number of anilines is 1. The van der Waals surface area contributed by atoms with Gasteiger partial charge in [0.2, 0.25) is 0 Å². The number of nitrogens with one attached hydrogen (secondary N) is 3. The van der Waals surface area contributed by atoms with Crippen molar-refractivity contribution in [1.29, 1.82) is 0 Å². The van der Waals surface area contributed by atoms with Crippen LogP contribution in [0.25, 0.3) is 0 Å². The molecule has 5 nitrogen and oxygen atoms in total. The van der Waals surface area contributed by atoms with Crippen molar-refractivity contribution in [1.82, 2.24) is 10.6 Å². The molecule has 2 aromatic rings. The lowest BCUT2D eigenvalue weighted by Crippen LogP contribution is -2.40. The predicted octanol–water partition coefficient (Wildman–Crippen LogP) is 3.96. The van der Waals surface area contributed by atoms with Gasteiger partial charge in [-0.3, -0.25) is 0 Å². The SMILES string of the molecule is CNCc1ccc(NC(=O)NC(C)C(OC)c2ccc(Cl)cc2)cc1. The topological polar surface area (TPSA) is 62.4 Å². The molecule has 0 saturated heterocycles. The molecule has 0 aliphatic carbocycles. The van der Waals surface area contributed by atoms with Crippen molar-refractivity contribution in [3.8, 4) is 0 Å². The maximum Gasteiger partial charge on any atom is 0.319 e. The van der Waals surface area contributed by atoms with Crippen LogP contribution in [0.2, 0.25) is 5.02 Å². The van der Waals surface area contributed by atoms with Crippen molar-refractivity contribution < 1.29 is 9.53 Å². The summed E-state index contributed by atoms with van der Waals surface area (Å²) in [4.78, 5) is 12.2. The average Bonchev–Trinajstić information content (AvgIpc) is 2.59. The summed E-state index contributed by atoms with van der Waals surface area (Å²) in [5, 5.41) is 9.50. The third-order valence-electron chi connectivity index (χ3n) is 3.86. The predicted molar refractivity (Wildman–Crippen MR) is 102 cm³/mol. The van der Waals surface area contributed by atoms with Crippen molar-refractivity contribution in [3.63, 3.8) is 0 Å². The highest BCUT2D eigenvalue weighted by atomic mass is 35.5. The van der Waals surface area contributed by atoms with E-state index < -0.39 is 0 Å². The van der Waals surface area contributed by atoms with E-state index in [1.54, 1.807) is 7.11 Å². The molecule has 0 aliphatic rings. The summed E-state index contributed by atoms with van der Waals surface area (Å²) < 4.78 is 5.54. The van der Waals surface area contributed by atoms with Crippen LogP contribution in [0.5, 0.6) is 0 Å². The number of carbonyl (C=O) groups is 1. The van der Waals surface area contributed by atoms with Gasteiger partial charge < -0.3 is 20.7 Å². The van der Waals surface area contributed by atoms with Gasteiger partial charge in [-0.1, -0.05) is 35.9 Å². The van der Waals surface area contributed by atoms with Gasteiger partial charge in [-0.05, 0) is 49.4 Å². The normalized spacial score (nSPS) is 13.1. The zero-order chi connectivity index (χ0) is 18.2. The van der Waals surface area contributed by atoms with Gasteiger partial charge in [0.05, 0.1) is 6.04 Å². The quantitative estimate of drug-likeness (QED) is 0.699. The van der Waals surface area contributed by atoms with Crippen LogP contribution in [0.1, 0.15) is 24.2 Å². The van der Waals surface area contributed by atoms with Crippen LogP contribution in [0.4, 0.5) is 10.5 Å². The van der Waals surface area contributed by atoms with Gasteiger partial charge >= 0.3 is 6.03 Å². The Bertz CT molecular complexity index is 674. The van der Waals surface area contributed by atoms with E-state index in [1.807, 2.05) is 62.5 Å². The maximum atomic E-state index is 12.2. The molecule has 0 fully saturated rings. The van der Waals surface area contributed by atoms with Gasteiger partial charge in [0, 0.05) is 24.4 Å². The minimum Gasteiger partial charge on any atom is -0.375 e. The second-order valence-corrected chi connectivity index (χ2v) is 6.26. The molecule has 25 heavy (non-hydrogen) atoms. The smallest absolute Gasteiger partial charge is 0.319 e. The molecule has 2 aromatic carbocycles. The second-order valence-electron chi connectivity index (χ2n) is 5.82. The van der Waals surface area contributed by atoms with Gasteiger partial charge in [-0.25, -0.2) is 4.79 Å². The fourth-order valence-electron chi connectivity index (χ4n) is 2.64. The molecule has 2 rings (SSSR count). The van der Waals surface area contributed by atoms with Crippen LogP contribution in [-0.4, -0.2) is 26.2 Å². The first-order valence-corrected chi connectivity index (χ1v) is 8.50. The number of halogens is 1. The molecule has 134 valence electrons. The molecule has 0 radical (unpaired) electrons. The largest absolute Gasteiger partial charge is 0.375 e. The highest BCUT2D eigenvalue weighted by molar-refractivity contribution is 6.30. The number of ether oxygens (including phenoxy) is 1. The first-order chi connectivity index (χ1) is 12.0. The van der Waals surface area contributed by atoms with E-state index in [0.29, 0.717) is 5.02 Å². The van der Waals surface area contributed by atoms with Crippen LogP contribution < -0.4 is 16.0 Å². The first kappa shape index (κ1) is 19.2. The van der Waals surface area contributed by atoms with Crippen LogP contribution in [0.15, 0.2) is 48.5 Å². The Hall–Kier alpha value is -2.08. The highest BCUT2D eigenvalue weighted by Gasteiger charge is 2.20. The van der Waals surface area contributed by atoms with E-state index in [1.165, 1.54) is 0 Å². The van der Waals surface area contributed by atoms with Gasteiger partial charge in [-0.15, -0.1) is 0 Å². The molecular weight excluding hydrogens is 338 g/mol. The van der Waals surface area contributed by atoms with Crippen molar-refractivity contribution in [2.24, 2.45) is 0 Å². The highest BCUT2D eigenvalue weighted by Crippen LogP contribution is 2.22. The van der Waals surface area contributed by atoms with Crippen molar-refractivity contribution in [3.05, 3.63) is 64.7 Å². The standard InChI is InChI=1S/C19H24ClN3O2/c1-13(18(25-3)15-6-8-16(20)9-7-15)22-19(24)23-17-10-4-14(5-11-17)12-21-2/h4-11,13,18,21H,12H2,1-3H3,(H2,22,23,24). The monoisotopic (exact) mass is 361 g/mol. The lowest BCUT2D eigenvalue weighted by atomic mass is 10.0. The van der Waals surface area contributed by atoms with Crippen LogP contribution in [0.3, 0.4) is 0 Å². The van der Waals surface area contributed by atoms with Crippen molar-refractivity contribution in [2.75, 3.05) is 19.5 Å². The minimum absolute atomic E-state index is 0.213. The summed E-state index contributed by atoms with van der Waals surface area (Å²) in [6.45, 7) is 2.69. The van der Waals surface area contributed by atoms with E-state index in [-0.39, 0.29) is 18.2 Å². The Balaban J connectivity index is 1.94. The Kier molecular flexibility index (Phi) is 7.25. The first-order valence-electron chi connectivity index (χ1n) is 8.12. The number of hydrogen-bond donors (Lipinski definition) is 3. The van der Waals surface area contributed by atoms with Crippen LogP contribution in [0, 0.1) is 0 Å². The third kappa shape index (κ3) is 5.74. The summed E-state index contributed by atoms with van der Waals surface area (Å²) in [5.74, 6) is 0. The number of urea groups is 1. The third-order valence-corrected chi connectivity index (χ3v) is 4.11. The summed E-state index contributed by atoms with van der Waals surface area (Å²) in [7, 11) is 3.52. The number of rotatable bonds is 7. The molecule has 0 aliphatic heterocycles. The molecule has 3 N–H and O–H groups in total. The Morgan fingerprint density at radius 3 is 2.32 bits per heavy atom. The van der Waals surface area contributed by atoms with Gasteiger partial charge in [0.25, 0.3) is 0 Å². The lowest BCUT2D eigenvalue weighted by molar-refractivity contribution is 0.0770. The van der Waals surface area contributed by atoms with E-state index in [0.717, 1.165) is 23.4 Å². The molecule has 0 aromatic heterocycles. The number of amides is 2. The maximum absolute atomic E-state index is 12.2. The minimum atomic E-state index is -0.273. The molecule has 0 saturated carbocycles. The fraction of sp³-hybridized carbons (Fsp3) is 0.316. The summed E-state index contributed by atoms with van der Waals surface area (Å²) >= 11 is 5.92. The second kappa shape index (κ2) is 9.42. The fourth-order valence-corrected chi connectivity index (χ4v) is 2.77. The van der Waals surface area contributed by atoms with E-state index >= 15 is 0 Å². The van der Waals surface area contributed by atoms with E-state index in [4.69, 9.17) is 16.3 Å². The zero-order valence-corrected chi connectivity index (χ0v) is 15.4. The molecule has 0 heterocycles. The molecule has 6 heteroatoms. The Morgan fingerprint density at radius 1 is 1.12 bits per heavy atom. The van der Waals surface area contributed by atoms with Crippen molar-refractivity contribution >= 4 is 23.3 Å². The lowest BCUT2D eigenvalue weighted by Gasteiger charge is -2.24. The number of benzene rings is 2. The van der Waals surface area contributed by atoms with Crippen LogP contribution in [-0.2, 0) is 11.3 Å². The van der Waals surface area contributed by atoms with Gasteiger partial charge in [-0.2, -0.15) is 0 Å². The number of carbonyl (C=O) groups excluding carboxylic acids is 1. The molecule has 0 bridgehead atoms. The van der Waals surface area contributed by atoms with Gasteiger partial charge in [0.15, 0.2) is 0 Å². The van der Waals surface area contributed by atoms with E-state index in [9.17, 15) is 4.79 Å². The molecular formula is C19H24ClN3O2. The summed E-state index contributed by atoms with van der Waals surface area (Å²) in [6.07, 6.45) is -0.263. The summed E-state index contributed by atoms with van der Waals surface area (Å²) in [5.41, 5.74) is 2.85. The molecule has 2 atom stereocenters. The van der Waals surface area contributed by atoms with Crippen molar-refractivity contribution in [2.45, 2.75) is 25.6 Å². The van der Waals surface area contributed by atoms with E-state index in [2.05, 4.69) is 16.0 Å². The zero-order valence-electron chi connectivity index (χ0n) is 14.7. The number of methoxy groups -OCH3 is 1. The van der Waals surface area contributed by atoms with Gasteiger partial charge in [0.1, 0.15) is 6.10 Å². The molecule has 0 spiro atoms. The molecule has 2 unspecified atom stereocenters. The Labute approximate surface area is 153 Å². The van der Waals surface area contributed by atoms with Crippen LogP contribution >= 0.6 is 11.6 Å².